The number of carboxylic acid groups (broad SMARTS) is 1. The number of hydrogen-bond acceptors (Lipinski definition) is 4. The first-order chi connectivity index (χ1) is 14.0. The van der Waals surface area contributed by atoms with Gasteiger partial charge >= 0.3 is 5.97 Å². The Bertz CT molecular complexity index is 962. The van der Waals surface area contributed by atoms with E-state index in [1.54, 1.807) is 43.5 Å². The van der Waals surface area contributed by atoms with E-state index in [9.17, 15) is 9.18 Å². The molecule has 0 amide bonds. The molecule has 0 spiro atoms. The van der Waals surface area contributed by atoms with Gasteiger partial charge in [-0.15, -0.1) is 12.4 Å². The van der Waals surface area contributed by atoms with Gasteiger partial charge in [0, 0.05) is 13.1 Å². The summed E-state index contributed by atoms with van der Waals surface area (Å²) >= 11 is 0. The van der Waals surface area contributed by atoms with E-state index in [1.165, 1.54) is 12.1 Å². The summed E-state index contributed by atoms with van der Waals surface area (Å²) in [5, 5.41) is 12.3. The first kappa shape index (κ1) is 23.2. The molecule has 0 bridgehead atoms. The third kappa shape index (κ3) is 6.47. The van der Waals surface area contributed by atoms with Crippen LogP contribution in [0.15, 0.2) is 66.7 Å². The Morgan fingerprint density at radius 2 is 1.50 bits per heavy atom. The van der Waals surface area contributed by atoms with Gasteiger partial charge in [-0.25, -0.2) is 9.18 Å². The molecule has 7 heteroatoms. The molecule has 0 aromatic heterocycles. The number of halogens is 2. The van der Waals surface area contributed by atoms with E-state index in [-0.39, 0.29) is 23.8 Å². The van der Waals surface area contributed by atoms with E-state index in [0.717, 1.165) is 16.7 Å². The van der Waals surface area contributed by atoms with Crippen LogP contribution < -0.4 is 14.8 Å². The highest BCUT2D eigenvalue weighted by Gasteiger charge is 2.07. The molecule has 158 valence electrons. The highest BCUT2D eigenvalue weighted by molar-refractivity contribution is 5.87. The normalized spacial score (nSPS) is 10.2. The van der Waals surface area contributed by atoms with Crippen LogP contribution in [0.3, 0.4) is 0 Å². The topological polar surface area (TPSA) is 67.8 Å². The average molecular weight is 432 g/mol. The molecule has 0 unspecified atom stereocenters. The Hall–Kier alpha value is -3.09. The fraction of sp³-hybridized carbons (Fsp3) is 0.174. The van der Waals surface area contributed by atoms with E-state index < -0.39 is 5.97 Å². The molecule has 0 aliphatic carbocycles. The molecule has 30 heavy (non-hydrogen) atoms. The van der Waals surface area contributed by atoms with Crippen LogP contribution in [-0.2, 0) is 19.7 Å². The van der Waals surface area contributed by atoms with Gasteiger partial charge in [-0.1, -0.05) is 30.3 Å². The van der Waals surface area contributed by atoms with Crippen molar-refractivity contribution in [3.05, 3.63) is 94.8 Å². The first-order valence-corrected chi connectivity index (χ1v) is 9.12. The van der Waals surface area contributed by atoms with E-state index in [1.807, 2.05) is 18.2 Å². The van der Waals surface area contributed by atoms with Crippen LogP contribution >= 0.6 is 12.4 Å². The minimum Gasteiger partial charge on any atom is -0.493 e. The van der Waals surface area contributed by atoms with Crippen molar-refractivity contribution in [3.8, 4) is 11.5 Å². The van der Waals surface area contributed by atoms with Gasteiger partial charge in [0.05, 0.1) is 12.7 Å². The summed E-state index contributed by atoms with van der Waals surface area (Å²) in [5.41, 5.74) is 3.17. The quantitative estimate of drug-likeness (QED) is 0.508. The molecule has 0 radical (unpaired) electrons. The molecule has 0 aliphatic heterocycles. The summed E-state index contributed by atoms with van der Waals surface area (Å²) in [7, 11) is 1.58. The molecule has 0 atom stereocenters. The zero-order valence-corrected chi connectivity index (χ0v) is 17.2. The largest absolute Gasteiger partial charge is 0.493 e. The van der Waals surface area contributed by atoms with Crippen molar-refractivity contribution in [2.45, 2.75) is 19.7 Å². The van der Waals surface area contributed by atoms with E-state index in [2.05, 4.69) is 5.32 Å². The summed E-state index contributed by atoms with van der Waals surface area (Å²) in [6.45, 7) is 1.56. The van der Waals surface area contributed by atoms with Crippen molar-refractivity contribution >= 4 is 18.4 Å². The Labute approximate surface area is 180 Å². The Morgan fingerprint density at radius 1 is 0.900 bits per heavy atom. The summed E-state index contributed by atoms with van der Waals surface area (Å²) in [4.78, 5) is 10.9. The molecule has 0 saturated heterocycles. The SMILES string of the molecule is COc1cc(CNCc2ccc(C(=O)O)cc2)ccc1OCc1ccc(F)cc1.Cl. The lowest BCUT2D eigenvalue weighted by atomic mass is 10.1. The Morgan fingerprint density at radius 3 is 2.13 bits per heavy atom. The number of carbonyl (C=O) groups is 1. The van der Waals surface area contributed by atoms with E-state index >= 15 is 0 Å². The second-order valence-electron chi connectivity index (χ2n) is 6.51. The van der Waals surface area contributed by atoms with Gasteiger partial charge in [0.25, 0.3) is 0 Å². The van der Waals surface area contributed by atoms with Crippen molar-refractivity contribution in [2.24, 2.45) is 0 Å². The summed E-state index contributed by atoms with van der Waals surface area (Å²) in [6, 6.07) is 18.6. The predicted molar refractivity (Wildman–Crippen MR) is 115 cm³/mol. The second-order valence-corrected chi connectivity index (χ2v) is 6.51. The zero-order valence-electron chi connectivity index (χ0n) is 16.4. The van der Waals surface area contributed by atoms with Crippen molar-refractivity contribution in [2.75, 3.05) is 7.11 Å². The standard InChI is InChI=1S/C23H22FNO4.ClH/c1-28-22-12-18(14-25-13-16-2-7-19(8-3-16)23(26)27)6-11-21(22)29-15-17-4-9-20(24)10-5-17;/h2-12,25H,13-15H2,1H3,(H,26,27);1H. The first-order valence-electron chi connectivity index (χ1n) is 9.12. The van der Waals surface area contributed by atoms with E-state index in [4.69, 9.17) is 14.6 Å². The Balaban J connectivity index is 0.00000320. The van der Waals surface area contributed by atoms with Crippen LogP contribution in [0.1, 0.15) is 27.0 Å². The number of carboxylic acids is 1. The highest BCUT2D eigenvalue weighted by Crippen LogP contribution is 2.29. The molecule has 3 aromatic rings. The monoisotopic (exact) mass is 431 g/mol. The number of aromatic carboxylic acids is 1. The van der Waals surface area contributed by atoms with E-state index in [0.29, 0.717) is 31.2 Å². The van der Waals surface area contributed by atoms with Gasteiger partial charge in [0.2, 0.25) is 0 Å². The predicted octanol–water partition coefficient (Wildman–Crippen LogP) is 4.82. The molecule has 0 aliphatic rings. The molecular weight excluding hydrogens is 409 g/mol. The van der Waals surface area contributed by atoms with Gasteiger partial charge in [-0.05, 0) is 53.1 Å². The maximum absolute atomic E-state index is 13.0. The van der Waals surface area contributed by atoms with Gasteiger partial charge in [0.15, 0.2) is 11.5 Å². The number of hydrogen-bond donors (Lipinski definition) is 2. The van der Waals surface area contributed by atoms with Crippen LogP contribution in [0.25, 0.3) is 0 Å². The van der Waals surface area contributed by atoms with Gasteiger partial charge in [0.1, 0.15) is 12.4 Å². The molecule has 3 aromatic carbocycles. The summed E-state index contributed by atoms with van der Waals surface area (Å²) < 4.78 is 24.2. The third-order valence-electron chi connectivity index (χ3n) is 4.39. The molecule has 2 N–H and O–H groups in total. The number of methoxy groups -OCH3 is 1. The number of nitrogens with one attached hydrogen (secondary N) is 1. The molecule has 5 nitrogen and oxygen atoms in total. The number of ether oxygens (including phenoxy) is 2. The fourth-order valence-corrected chi connectivity index (χ4v) is 2.80. The van der Waals surface area contributed by atoms with Crippen LogP contribution in [0, 0.1) is 5.82 Å². The molecule has 3 rings (SSSR count). The minimum atomic E-state index is -0.932. The lowest BCUT2D eigenvalue weighted by Gasteiger charge is -2.13. The minimum absolute atomic E-state index is 0. The third-order valence-corrected chi connectivity index (χ3v) is 4.39. The highest BCUT2D eigenvalue weighted by atomic mass is 35.5. The molecule has 0 saturated carbocycles. The smallest absolute Gasteiger partial charge is 0.335 e. The summed E-state index contributed by atoms with van der Waals surface area (Å²) in [5.74, 6) is 0.0291. The lowest BCUT2D eigenvalue weighted by Crippen LogP contribution is -2.13. The lowest BCUT2D eigenvalue weighted by molar-refractivity contribution is 0.0697. The van der Waals surface area contributed by atoms with Crippen molar-refractivity contribution < 1.29 is 23.8 Å². The molecule has 0 fully saturated rings. The van der Waals surface area contributed by atoms with Crippen molar-refractivity contribution in [3.63, 3.8) is 0 Å². The maximum atomic E-state index is 13.0. The van der Waals surface area contributed by atoms with Crippen LogP contribution in [0.5, 0.6) is 11.5 Å². The van der Waals surface area contributed by atoms with Gasteiger partial charge < -0.3 is 19.9 Å². The van der Waals surface area contributed by atoms with Crippen LogP contribution in [0.4, 0.5) is 4.39 Å². The average Bonchev–Trinajstić information content (AvgIpc) is 2.74. The molecule has 0 heterocycles. The van der Waals surface area contributed by atoms with Crippen LogP contribution in [-0.4, -0.2) is 18.2 Å². The van der Waals surface area contributed by atoms with Gasteiger partial charge in [-0.3, -0.25) is 0 Å². The summed E-state index contributed by atoms with van der Waals surface area (Å²) in [6.07, 6.45) is 0. The maximum Gasteiger partial charge on any atom is 0.335 e. The number of rotatable bonds is 9. The van der Waals surface area contributed by atoms with Crippen LogP contribution in [0.2, 0.25) is 0 Å². The number of benzene rings is 3. The second kappa shape index (κ2) is 11.2. The van der Waals surface area contributed by atoms with Crippen molar-refractivity contribution in [1.82, 2.24) is 5.32 Å². The fourth-order valence-electron chi connectivity index (χ4n) is 2.80. The Kier molecular flexibility index (Phi) is 8.65. The van der Waals surface area contributed by atoms with Crippen molar-refractivity contribution in [1.29, 1.82) is 0 Å². The van der Waals surface area contributed by atoms with Gasteiger partial charge in [-0.2, -0.15) is 0 Å². The zero-order chi connectivity index (χ0) is 20.6. The molecular formula is C23H23ClFNO4.